The zero-order chi connectivity index (χ0) is 12.8. The van der Waals surface area contributed by atoms with Crippen LogP contribution in [-0.4, -0.2) is 12.6 Å². The van der Waals surface area contributed by atoms with Crippen molar-refractivity contribution < 1.29 is 14.4 Å². The highest BCUT2D eigenvalue weighted by Crippen LogP contribution is 2.25. The molecule has 94 valence electrons. The Morgan fingerprint density at radius 3 is 2.53 bits per heavy atom. The Balaban J connectivity index is 2.50. The Morgan fingerprint density at radius 1 is 1.41 bits per heavy atom. The van der Waals surface area contributed by atoms with E-state index in [0.717, 1.165) is 16.1 Å². The van der Waals surface area contributed by atoms with E-state index >= 15 is 0 Å². The van der Waals surface area contributed by atoms with E-state index in [0.29, 0.717) is 5.75 Å². The molecule has 17 heavy (non-hydrogen) atoms. The third-order valence-electron chi connectivity index (χ3n) is 2.16. The molecule has 0 bridgehead atoms. The lowest BCUT2D eigenvalue weighted by molar-refractivity contribution is -0.151. The minimum atomic E-state index is -0.477. The van der Waals surface area contributed by atoms with Gasteiger partial charge in [-0.15, -0.1) is 0 Å². The van der Waals surface area contributed by atoms with Gasteiger partial charge < -0.3 is 9.57 Å². The molecule has 0 aliphatic heterocycles. The number of rotatable bonds is 5. The Hall–Kier alpha value is -1.30. The molecule has 3 N–H and O–H groups in total. The molecule has 0 aliphatic carbocycles. The molecule has 1 rings (SSSR count). The van der Waals surface area contributed by atoms with Gasteiger partial charge in [0.15, 0.2) is 0 Å². The molecule has 0 aromatic heterocycles. The van der Waals surface area contributed by atoms with Gasteiger partial charge >= 0.3 is 5.97 Å². The minimum Gasteiger partial charge on any atom is -0.493 e. The Labute approximate surface area is 105 Å². The summed E-state index contributed by atoms with van der Waals surface area (Å²) in [6.45, 7) is 4.02. The molecule has 0 heterocycles. The van der Waals surface area contributed by atoms with Gasteiger partial charge in [-0.3, -0.25) is 4.79 Å². The van der Waals surface area contributed by atoms with Gasteiger partial charge in [0, 0.05) is 5.02 Å². The molecule has 1 aromatic carbocycles. The lowest BCUT2D eigenvalue weighted by Gasteiger charge is -2.09. The van der Waals surface area contributed by atoms with Gasteiger partial charge in [0.05, 0.1) is 13.0 Å². The summed E-state index contributed by atoms with van der Waals surface area (Å²) in [5.74, 6) is 5.02. The van der Waals surface area contributed by atoms with Crippen molar-refractivity contribution in [2.75, 3.05) is 6.61 Å². The highest BCUT2D eigenvalue weighted by atomic mass is 35.5. The molecule has 0 aliphatic rings. The van der Waals surface area contributed by atoms with Crippen LogP contribution in [0.25, 0.3) is 0 Å². The smallest absolute Gasteiger partial charge is 0.329 e. The molecule has 0 spiro atoms. The lowest BCUT2D eigenvalue weighted by Crippen LogP contribution is -2.26. The summed E-state index contributed by atoms with van der Waals surface area (Å²) in [4.78, 5) is 15.3. The second-order valence-corrected chi connectivity index (χ2v) is 3.94. The zero-order valence-electron chi connectivity index (χ0n) is 9.75. The van der Waals surface area contributed by atoms with Crippen molar-refractivity contribution in [3.05, 3.63) is 28.3 Å². The number of carbonyl (C=O) groups is 1. The molecule has 6 heteroatoms. The topological polar surface area (TPSA) is 73.6 Å². The fraction of sp³-hybridized carbons (Fsp3) is 0.364. The van der Waals surface area contributed by atoms with E-state index in [1.807, 2.05) is 31.6 Å². The first kappa shape index (κ1) is 13.8. The summed E-state index contributed by atoms with van der Waals surface area (Å²) in [5, 5.41) is 0.726. The lowest BCUT2D eigenvalue weighted by atomic mass is 10.1. The Morgan fingerprint density at radius 2 is 2.00 bits per heavy atom. The Kier molecular flexibility index (Phi) is 5.21. The van der Waals surface area contributed by atoms with Crippen LogP contribution in [0.5, 0.6) is 5.75 Å². The first-order valence-corrected chi connectivity index (χ1v) is 5.47. The standard InChI is InChI=1S/C11H15ClN2O3/c1-7-5-9(6-8(2)11(7)12)16-4-3-10(15)17-14-13/h5-6,14H,3-4,13H2,1-2H3. The van der Waals surface area contributed by atoms with E-state index < -0.39 is 5.97 Å². The summed E-state index contributed by atoms with van der Waals surface area (Å²) in [6.07, 6.45) is 0.116. The van der Waals surface area contributed by atoms with Crippen LogP contribution in [0.4, 0.5) is 0 Å². The van der Waals surface area contributed by atoms with Crippen LogP contribution in [0.2, 0.25) is 5.02 Å². The maximum atomic E-state index is 11.0. The number of halogens is 1. The van der Waals surface area contributed by atoms with E-state index in [-0.39, 0.29) is 13.0 Å². The molecule has 0 saturated carbocycles. The number of nitrogens with two attached hydrogens (primary N) is 1. The molecular weight excluding hydrogens is 244 g/mol. The first-order chi connectivity index (χ1) is 8.04. The minimum absolute atomic E-state index is 0.116. The average Bonchev–Trinajstić information content (AvgIpc) is 2.26. The molecule has 0 radical (unpaired) electrons. The van der Waals surface area contributed by atoms with Gasteiger partial charge in [-0.1, -0.05) is 17.2 Å². The van der Waals surface area contributed by atoms with Crippen molar-refractivity contribution in [1.29, 1.82) is 0 Å². The second-order valence-electron chi connectivity index (χ2n) is 3.56. The van der Waals surface area contributed by atoms with Crippen molar-refractivity contribution in [2.24, 2.45) is 5.84 Å². The van der Waals surface area contributed by atoms with Crippen molar-refractivity contribution in [1.82, 2.24) is 5.59 Å². The van der Waals surface area contributed by atoms with Gasteiger partial charge in [0.2, 0.25) is 0 Å². The molecular formula is C11H15ClN2O3. The van der Waals surface area contributed by atoms with E-state index in [9.17, 15) is 4.79 Å². The number of benzene rings is 1. The Bertz CT molecular complexity index is 387. The van der Waals surface area contributed by atoms with Crippen molar-refractivity contribution in [3.63, 3.8) is 0 Å². The molecule has 0 unspecified atom stereocenters. The average molecular weight is 259 g/mol. The van der Waals surface area contributed by atoms with Crippen LogP contribution in [0, 0.1) is 13.8 Å². The normalized spacial score (nSPS) is 10.1. The molecule has 0 saturated heterocycles. The van der Waals surface area contributed by atoms with Crippen LogP contribution >= 0.6 is 11.6 Å². The van der Waals surface area contributed by atoms with Crippen LogP contribution in [0.15, 0.2) is 12.1 Å². The van der Waals surface area contributed by atoms with Crippen molar-refractivity contribution in [2.45, 2.75) is 20.3 Å². The van der Waals surface area contributed by atoms with E-state index in [2.05, 4.69) is 4.84 Å². The van der Waals surface area contributed by atoms with E-state index in [4.69, 9.17) is 22.2 Å². The van der Waals surface area contributed by atoms with Crippen LogP contribution < -0.4 is 16.2 Å². The number of carbonyl (C=O) groups excluding carboxylic acids is 1. The number of ether oxygens (including phenoxy) is 1. The van der Waals surface area contributed by atoms with Gasteiger partial charge in [-0.2, -0.15) is 0 Å². The third-order valence-corrected chi connectivity index (χ3v) is 2.75. The first-order valence-electron chi connectivity index (χ1n) is 5.09. The molecule has 1 aromatic rings. The maximum Gasteiger partial charge on any atom is 0.329 e. The summed E-state index contributed by atoms with van der Waals surface area (Å²) >= 11 is 6.02. The van der Waals surface area contributed by atoms with Crippen LogP contribution in [-0.2, 0) is 9.63 Å². The SMILES string of the molecule is Cc1cc(OCCC(=O)ONN)cc(C)c1Cl. The predicted molar refractivity (Wildman–Crippen MR) is 64.5 cm³/mol. The highest BCUT2D eigenvalue weighted by molar-refractivity contribution is 6.32. The monoisotopic (exact) mass is 258 g/mol. The van der Waals surface area contributed by atoms with Gasteiger partial charge in [-0.05, 0) is 37.1 Å². The summed E-state index contributed by atoms with van der Waals surface area (Å²) in [5.41, 5.74) is 3.69. The van der Waals surface area contributed by atoms with E-state index in [1.165, 1.54) is 0 Å². The molecule has 0 atom stereocenters. The van der Waals surface area contributed by atoms with Gasteiger partial charge in [-0.25, -0.2) is 5.84 Å². The molecule has 0 fully saturated rings. The van der Waals surface area contributed by atoms with Crippen molar-refractivity contribution >= 4 is 17.6 Å². The third kappa shape index (κ3) is 4.22. The summed E-state index contributed by atoms with van der Waals surface area (Å²) in [7, 11) is 0. The zero-order valence-corrected chi connectivity index (χ0v) is 10.5. The highest BCUT2D eigenvalue weighted by Gasteiger charge is 2.06. The summed E-state index contributed by atoms with van der Waals surface area (Å²) in [6, 6.07) is 3.64. The molecule has 0 amide bonds. The van der Waals surface area contributed by atoms with E-state index in [1.54, 1.807) is 0 Å². The summed E-state index contributed by atoms with van der Waals surface area (Å²) < 4.78 is 5.41. The fourth-order valence-electron chi connectivity index (χ4n) is 1.36. The van der Waals surface area contributed by atoms with Crippen molar-refractivity contribution in [3.8, 4) is 5.75 Å². The second kappa shape index (κ2) is 6.44. The largest absolute Gasteiger partial charge is 0.493 e. The number of hydrogen-bond acceptors (Lipinski definition) is 5. The number of nitrogens with one attached hydrogen (secondary N) is 1. The number of hydrogen-bond donors (Lipinski definition) is 2. The number of aryl methyl sites for hydroxylation is 2. The number of hydrazine groups is 1. The van der Waals surface area contributed by atoms with Gasteiger partial charge in [0.1, 0.15) is 5.75 Å². The fourth-order valence-corrected chi connectivity index (χ4v) is 1.47. The molecule has 5 nitrogen and oxygen atoms in total. The van der Waals surface area contributed by atoms with Gasteiger partial charge in [0.25, 0.3) is 0 Å². The predicted octanol–water partition coefficient (Wildman–Crippen LogP) is 1.65. The van der Waals surface area contributed by atoms with Crippen LogP contribution in [0.3, 0.4) is 0 Å². The quantitative estimate of drug-likeness (QED) is 0.621. The van der Waals surface area contributed by atoms with Crippen LogP contribution in [0.1, 0.15) is 17.5 Å². The maximum absolute atomic E-state index is 11.0.